The third-order valence-corrected chi connectivity index (χ3v) is 4.09. The van der Waals surface area contributed by atoms with Crippen molar-refractivity contribution in [3.63, 3.8) is 0 Å². The summed E-state index contributed by atoms with van der Waals surface area (Å²) in [7, 11) is 0. The Morgan fingerprint density at radius 1 is 1.33 bits per heavy atom. The fraction of sp³-hybridized carbons (Fsp3) is 0.625. The Kier molecular flexibility index (Phi) is 4.28. The van der Waals surface area contributed by atoms with Gasteiger partial charge in [0.25, 0.3) is 0 Å². The molecular formula is C16H25NO. The van der Waals surface area contributed by atoms with Gasteiger partial charge < -0.3 is 10.4 Å². The number of nitrogens with one attached hydrogen (secondary N) is 1. The van der Waals surface area contributed by atoms with E-state index in [0.29, 0.717) is 17.2 Å². The molecule has 0 saturated heterocycles. The van der Waals surface area contributed by atoms with Gasteiger partial charge in [-0.1, -0.05) is 26.0 Å². The van der Waals surface area contributed by atoms with Gasteiger partial charge in [-0.3, -0.25) is 0 Å². The van der Waals surface area contributed by atoms with Crippen molar-refractivity contribution in [3.05, 3.63) is 29.8 Å². The standard InChI is InChI=1S/C16H25NO/c1-3-10-17-14-8-9-16(2,12-14)11-13-4-6-15(18)7-5-13/h4-7,14,17-18H,3,8-12H2,1-2H3. The zero-order chi connectivity index (χ0) is 13.0. The third kappa shape index (κ3) is 3.49. The molecule has 2 nitrogen and oxygen atoms in total. The number of hydrogen-bond acceptors (Lipinski definition) is 2. The van der Waals surface area contributed by atoms with Gasteiger partial charge in [-0.25, -0.2) is 0 Å². The van der Waals surface area contributed by atoms with E-state index in [1.165, 1.54) is 31.2 Å². The maximum Gasteiger partial charge on any atom is 0.115 e. The minimum Gasteiger partial charge on any atom is -0.508 e. The Bertz CT molecular complexity index is 373. The smallest absolute Gasteiger partial charge is 0.115 e. The minimum absolute atomic E-state index is 0.359. The average molecular weight is 247 g/mol. The molecule has 0 spiro atoms. The maximum atomic E-state index is 9.31. The highest BCUT2D eigenvalue weighted by atomic mass is 16.3. The molecule has 1 aliphatic rings. The van der Waals surface area contributed by atoms with Gasteiger partial charge in [-0.15, -0.1) is 0 Å². The maximum absolute atomic E-state index is 9.31. The molecule has 1 fully saturated rings. The molecule has 0 aliphatic heterocycles. The van der Waals surface area contributed by atoms with Gasteiger partial charge in [0, 0.05) is 6.04 Å². The van der Waals surface area contributed by atoms with Gasteiger partial charge >= 0.3 is 0 Å². The van der Waals surface area contributed by atoms with E-state index in [0.717, 1.165) is 13.0 Å². The van der Waals surface area contributed by atoms with Crippen molar-refractivity contribution >= 4 is 0 Å². The molecule has 18 heavy (non-hydrogen) atoms. The van der Waals surface area contributed by atoms with E-state index in [2.05, 4.69) is 19.2 Å². The lowest BCUT2D eigenvalue weighted by Gasteiger charge is -2.24. The van der Waals surface area contributed by atoms with Crippen LogP contribution in [0.4, 0.5) is 0 Å². The van der Waals surface area contributed by atoms with Gasteiger partial charge in [0.1, 0.15) is 5.75 Å². The molecule has 0 amide bonds. The van der Waals surface area contributed by atoms with Crippen LogP contribution < -0.4 is 5.32 Å². The first-order valence-corrected chi connectivity index (χ1v) is 7.13. The SMILES string of the molecule is CCCNC1CCC(C)(Cc2ccc(O)cc2)C1. The van der Waals surface area contributed by atoms with Crippen molar-refractivity contribution in [1.82, 2.24) is 5.32 Å². The first kappa shape index (κ1) is 13.4. The average Bonchev–Trinajstić information content (AvgIpc) is 2.71. The van der Waals surface area contributed by atoms with Crippen molar-refractivity contribution in [2.75, 3.05) is 6.54 Å². The number of phenolic OH excluding ortho intramolecular Hbond substituents is 1. The Morgan fingerprint density at radius 3 is 2.72 bits per heavy atom. The predicted octanol–water partition coefficient (Wildman–Crippen LogP) is 3.49. The molecular weight excluding hydrogens is 222 g/mol. The fourth-order valence-corrected chi connectivity index (χ4v) is 3.11. The molecule has 2 N–H and O–H groups in total. The highest BCUT2D eigenvalue weighted by molar-refractivity contribution is 5.26. The molecule has 2 unspecified atom stereocenters. The van der Waals surface area contributed by atoms with Crippen molar-refractivity contribution in [3.8, 4) is 5.75 Å². The molecule has 2 atom stereocenters. The Morgan fingerprint density at radius 2 is 2.06 bits per heavy atom. The molecule has 0 radical (unpaired) electrons. The molecule has 1 aliphatic carbocycles. The van der Waals surface area contributed by atoms with Crippen molar-refractivity contribution < 1.29 is 5.11 Å². The highest BCUT2D eigenvalue weighted by Gasteiger charge is 2.34. The van der Waals surface area contributed by atoms with E-state index in [9.17, 15) is 5.11 Å². The molecule has 1 saturated carbocycles. The first-order chi connectivity index (χ1) is 8.61. The second-order valence-electron chi connectivity index (χ2n) is 6.05. The molecule has 0 bridgehead atoms. The molecule has 2 rings (SSSR count). The summed E-state index contributed by atoms with van der Waals surface area (Å²) in [6, 6.07) is 8.38. The van der Waals surface area contributed by atoms with Crippen molar-refractivity contribution in [2.45, 2.75) is 52.0 Å². The van der Waals surface area contributed by atoms with E-state index in [1.807, 2.05) is 12.1 Å². The molecule has 1 aromatic carbocycles. The quantitative estimate of drug-likeness (QED) is 0.834. The number of aromatic hydroxyl groups is 1. The Labute approximate surface area is 110 Å². The van der Waals surface area contributed by atoms with Crippen molar-refractivity contribution in [2.24, 2.45) is 5.41 Å². The van der Waals surface area contributed by atoms with Crippen molar-refractivity contribution in [1.29, 1.82) is 0 Å². The summed E-state index contributed by atoms with van der Waals surface area (Å²) < 4.78 is 0. The third-order valence-electron chi connectivity index (χ3n) is 4.09. The van der Waals surface area contributed by atoms with Crippen LogP contribution in [0.1, 0.15) is 45.1 Å². The fourth-order valence-electron chi connectivity index (χ4n) is 3.11. The van der Waals surface area contributed by atoms with Crippen LogP contribution in [0.5, 0.6) is 5.75 Å². The molecule has 100 valence electrons. The summed E-state index contributed by atoms with van der Waals surface area (Å²) in [5, 5.41) is 13.0. The van der Waals surface area contributed by atoms with Crippen LogP contribution in [0, 0.1) is 5.41 Å². The van der Waals surface area contributed by atoms with E-state index in [-0.39, 0.29) is 0 Å². The lowest BCUT2D eigenvalue weighted by molar-refractivity contribution is 0.321. The van der Waals surface area contributed by atoms with Crippen LogP contribution in [-0.4, -0.2) is 17.7 Å². The van der Waals surface area contributed by atoms with Gasteiger partial charge in [0.15, 0.2) is 0 Å². The van der Waals surface area contributed by atoms with E-state index in [1.54, 1.807) is 12.1 Å². The summed E-state index contributed by atoms with van der Waals surface area (Å²) in [5.41, 5.74) is 1.76. The van der Waals surface area contributed by atoms with Crippen LogP contribution >= 0.6 is 0 Å². The Balaban J connectivity index is 1.91. The second kappa shape index (κ2) is 5.75. The van der Waals surface area contributed by atoms with E-state index in [4.69, 9.17) is 0 Å². The lowest BCUT2D eigenvalue weighted by Crippen LogP contribution is -2.28. The van der Waals surface area contributed by atoms with E-state index < -0.39 is 0 Å². The molecule has 0 heterocycles. The summed E-state index contributed by atoms with van der Waals surface area (Å²) >= 11 is 0. The molecule has 0 aromatic heterocycles. The van der Waals surface area contributed by atoms with Gasteiger partial charge in [0.2, 0.25) is 0 Å². The minimum atomic E-state index is 0.359. The lowest BCUT2D eigenvalue weighted by atomic mass is 9.82. The predicted molar refractivity (Wildman–Crippen MR) is 75.9 cm³/mol. The van der Waals surface area contributed by atoms with Gasteiger partial charge in [0.05, 0.1) is 0 Å². The number of hydrogen-bond donors (Lipinski definition) is 2. The summed E-state index contributed by atoms with van der Waals surface area (Å²) in [4.78, 5) is 0. The normalized spacial score (nSPS) is 27.6. The summed E-state index contributed by atoms with van der Waals surface area (Å²) in [6.07, 6.45) is 6.21. The Hall–Kier alpha value is -1.02. The van der Waals surface area contributed by atoms with Crippen LogP contribution in [0.15, 0.2) is 24.3 Å². The van der Waals surface area contributed by atoms with Crippen LogP contribution in [0.3, 0.4) is 0 Å². The monoisotopic (exact) mass is 247 g/mol. The topological polar surface area (TPSA) is 32.3 Å². The van der Waals surface area contributed by atoms with E-state index >= 15 is 0 Å². The van der Waals surface area contributed by atoms with Crippen LogP contribution in [0.25, 0.3) is 0 Å². The summed E-state index contributed by atoms with van der Waals surface area (Å²) in [5.74, 6) is 0.359. The highest BCUT2D eigenvalue weighted by Crippen LogP contribution is 2.40. The first-order valence-electron chi connectivity index (χ1n) is 7.13. The van der Waals surface area contributed by atoms with Gasteiger partial charge in [-0.2, -0.15) is 0 Å². The number of benzene rings is 1. The van der Waals surface area contributed by atoms with Crippen LogP contribution in [-0.2, 0) is 6.42 Å². The number of phenols is 1. The zero-order valence-electron chi connectivity index (χ0n) is 11.6. The zero-order valence-corrected chi connectivity index (χ0v) is 11.6. The second-order valence-corrected chi connectivity index (χ2v) is 6.05. The summed E-state index contributed by atoms with van der Waals surface area (Å²) in [6.45, 7) is 5.75. The van der Waals surface area contributed by atoms with Gasteiger partial charge in [-0.05, 0) is 61.8 Å². The molecule has 1 aromatic rings. The molecule has 2 heteroatoms. The largest absolute Gasteiger partial charge is 0.508 e. The number of rotatable bonds is 5. The van der Waals surface area contributed by atoms with Crippen LogP contribution in [0.2, 0.25) is 0 Å².